The van der Waals surface area contributed by atoms with Crippen LogP contribution in [0.4, 0.5) is 0 Å². The molecule has 2 aliphatic heterocycles. The Labute approximate surface area is 162 Å². The lowest BCUT2D eigenvalue weighted by Gasteiger charge is -2.45. The highest BCUT2D eigenvalue weighted by Gasteiger charge is 2.49. The highest BCUT2D eigenvalue weighted by molar-refractivity contribution is 7.99. The number of amides is 2. The summed E-state index contributed by atoms with van der Waals surface area (Å²) >= 11 is 1.23. The van der Waals surface area contributed by atoms with E-state index in [2.05, 4.69) is 9.97 Å². The summed E-state index contributed by atoms with van der Waals surface area (Å²) in [4.78, 5) is 46.3. The predicted molar refractivity (Wildman–Crippen MR) is 103 cm³/mol. The van der Waals surface area contributed by atoms with E-state index < -0.39 is 5.54 Å². The molecule has 2 aliphatic rings. The largest absolute Gasteiger partial charge is 0.364 e. The normalized spacial score (nSPS) is 20.4. The molecule has 0 aromatic carbocycles. The Morgan fingerprint density at radius 3 is 2.56 bits per heavy atom. The fourth-order valence-corrected chi connectivity index (χ4v) is 5.03. The molecular weight excluding hydrogens is 366 g/mol. The average molecular weight is 395 g/mol. The molecule has 0 aliphatic carbocycles. The van der Waals surface area contributed by atoms with Gasteiger partial charge < -0.3 is 20.5 Å². The number of quaternary nitrogens is 1. The fourth-order valence-electron chi connectivity index (χ4n) is 4.21. The maximum Gasteiger partial charge on any atom is 0.278 e. The third kappa shape index (κ3) is 4.52. The number of aromatic nitrogens is 2. The molecule has 1 aromatic heterocycles. The van der Waals surface area contributed by atoms with Gasteiger partial charge in [-0.05, 0) is 26.2 Å². The number of nitrogens with two attached hydrogens (primary N) is 1. The fraction of sp³-hybridized carbons (Fsp3) is 0.667. The standard InChI is InChI=1S/C18H27N5O3S/c1-13-11-14(24)21-17(20-13)27-12-15(25)22-9-5-18(6-10-22,16(19)26)23-7-3-2-4-8-23/h11H,2-10,12H2,1H3,(H2,19,26)(H,20,21,24)/p+1. The van der Waals surface area contributed by atoms with Crippen molar-refractivity contribution < 1.29 is 14.5 Å². The maximum atomic E-state index is 12.6. The SMILES string of the molecule is Cc1cc(=O)[nH]c(SCC(=O)N2CCC(C(N)=O)([NH+]3CCCCC3)CC2)n1. The van der Waals surface area contributed by atoms with Gasteiger partial charge in [0.25, 0.3) is 11.5 Å². The van der Waals surface area contributed by atoms with E-state index in [1.54, 1.807) is 11.8 Å². The molecule has 8 nitrogen and oxygen atoms in total. The van der Waals surface area contributed by atoms with Crippen LogP contribution in [0.1, 0.15) is 37.8 Å². The number of aromatic amines is 1. The molecule has 0 radical (unpaired) electrons. The van der Waals surface area contributed by atoms with Crippen molar-refractivity contribution in [3.8, 4) is 0 Å². The summed E-state index contributed by atoms with van der Waals surface area (Å²) in [6.07, 6.45) is 4.72. The molecule has 2 fully saturated rings. The first-order chi connectivity index (χ1) is 12.9. The van der Waals surface area contributed by atoms with Gasteiger partial charge in [0.2, 0.25) is 5.91 Å². The minimum atomic E-state index is -0.534. The van der Waals surface area contributed by atoms with E-state index in [1.807, 2.05) is 0 Å². The molecule has 0 saturated carbocycles. The number of carbonyl (C=O) groups excluding carboxylic acids is 2. The molecule has 0 atom stereocenters. The van der Waals surface area contributed by atoms with Gasteiger partial charge in [-0.3, -0.25) is 14.4 Å². The zero-order chi connectivity index (χ0) is 19.4. The van der Waals surface area contributed by atoms with Crippen LogP contribution in [0.5, 0.6) is 0 Å². The van der Waals surface area contributed by atoms with Crippen molar-refractivity contribution in [2.24, 2.45) is 5.73 Å². The van der Waals surface area contributed by atoms with E-state index in [1.165, 1.54) is 29.1 Å². The lowest BCUT2D eigenvalue weighted by atomic mass is 9.83. The number of hydrogen-bond donors (Lipinski definition) is 3. The van der Waals surface area contributed by atoms with Crippen LogP contribution in [0, 0.1) is 6.92 Å². The van der Waals surface area contributed by atoms with Crippen LogP contribution in [0.2, 0.25) is 0 Å². The van der Waals surface area contributed by atoms with Gasteiger partial charge in [-0.25, -0.2) is 4.98 Å². The first-order valence-electron chi connectivity index (χ1n) is 9.54. The molecular formula is C18H28N5O3S+. The number of hydrogen-bond acceptors (Lipinski definition) is 5. The molecule has 3 heterocycles. The molecule has 9 heteroatoms. The van der Waals surface area contributed by atoms with Crippen LogP contribution in [0.25, 0.3) is 0 Å². The van der Waals surface area contributed by atoms with Gasteiger partial charge >= 0.3 is 0 Å². The van der Waals surface area contributed by atoms with E-state index in [-0.39, 0.29) is 23.1 Å². The van der Waals surface area contributed by atoms with E-state index in [4.69, 9.17) is 5.73 Å². The number of primary amides is 1. The van der Waals surface area contributed by atoms with Crippen LogP contribution in [0.3, 0.4) is 0 Å². The number of rotatable bonds is 5. The molecule has 27 heavy (non-hydrogen) atoms. The van der Waals surface area contributed by atoms with Crippen LogP contribution < -0.4 is 16.2 Å². The van der Waals surface area contributed by atoms with Crippen LogP contribution in [-0.4, -0.2) is 64.2 Å². The topological polar surface area (TPSA) is 114 Å². The zero-order valence-corrected chi connectivity index (χ0v) is 16.6. The third-order valence-corrected chi connectivity index (χ3v) is 6.61. The van der Waals surface area contributed by atoms with Crippen molar-refractivity contribution in [1.29, 1.82) is 0 Å². The highest BCUT2D eigenvalue weighted by Crippen LogP contribution is 2.22. The molecule has 3 rings (SSSR count). The average Bonchev–Trinajstić information content (AvgIpc) is 2.66. The summed E-state index contributed by atoms with van der Waals surface area (Å²) in [5.41, 5.74) is 5.68. The summed E-state index contributed by atoms with van der Waals surface area (Å²) in [5, 5.41) is 0.453. The third-order valence-electron chi connectivity index (χ3n) is 5.76. The maximum absolute atomic E-state index is 12.6. The van der Waals surface area contributed by atoms with E-state index in [0.29, 0.717) is 36.8 Å². The molecule has 2 amide bonds. The second-order valence-corrected chi connectivity index (χ2v) is 8.44. The second kappa shape index (κ2) is 8.43. The summed E-state index contributed by atoms with van der Waals surface area (Å²) < 4.78 is 0. The second-order valence-electron chi connectivity index (χ2n) is 7.47. The summed E-state index contributed by atoms with van der Waals surface area (Å²) in [7, 11) is 0. The van der Waals surface area contributed by atoms with Gasteiger partial charge in [0.05, 0.1) is 18.8 Å². The number of likely N-dealkylation sites (tertiary alicyclic amines) is 2. The van der Waals surface area contributed by atoms with Crippen molar-refractivity contribution in [2.45, 2.75) is 49.7 Å². The first-order valence-corrected chi connectivity index (χ1v) is 10.5. The quantitative estimate of drug-likeness (QED) is 0.442. The molecule has 148 valence electrons. The minimum Gasteiger partial charge on any atom is -0.364 e. The predicted octanol–water partition coefficient (Wildman–Crippen LogP) is -0.914. The lowest BCUT2D eigenvalue weighted by molar-refractivity contribution is -0.948. The number of H-pyrrole nitrogens is 1. The van der Waals surface area contributed by atoms with Crippen LogP contribution in [-0.2, 0) is 9.59 Å². The number of thioether (sulfide) groups is 1. The Kier molecular flexibility index (Phi) is 6.21. The molecule has 0 spiro atoms. The number of piperidine rings is 2. The zero-order valence-electron chi connectivity index (χ0n) is 15.8. The highest BCUT2D eigenvalue weighted by atomic mass is 32.2. The van der Waals surface area contributed by atoms with E-state index >= 15 is 0 Å². The number of nitrogens with one attached hydrogen (secondary N) is 2. The summed E-state index contributed by atoms with van der Waals surface area (Å²) in [6.45, 7) is 4.81. The molecule has 1 aromatic rings. The van der Waals surface area contributed by atoms with Crippen LogP contribution in [0.15, 0.2) is 16.0 Å². The Morgan fingerprint density at radius 2 is 1.96 bits per heavy atom. The van der Waals surface area contributed by atoms with E-state index in [9.17, 15) is 14.4 Å². The Hall–Kier alpha value is -1.87. The Bertz CT molecular complexity index is 752. The van der Waals surface area contributed by atoms with Gasteiger partial charge in [0.15, 0.2) is 10.7 Å². The van der Waals surface area contributed by atoms with Crippen molar-refractivity contribution in [3.63, 3.8) is 0 Å². The molecule has 2 saturated heterocycles. The van der Waals surface area contributed by atoms with Gasteiger partial charge in [-0.1, -0.05) is 11.8 Å². The molecule has 0 bridgehead atoms. The Balaban J connectivity index is 1.57. The van der Waals surface area contributed by atoms with Gasteiger partial charge in [-0.15, -0.1) is 0 Å². The molecule has 0 unspecified atom stereocenters. The van der Waals surface area contributed by atoms with Crippen molar-refractivity contribution >= 4 is 23.6 Å². The number of nitrogens with zero attached hydrogens (tertiary/aromatic N) is 2. The summed E-state index contributed by atoms with van der Waals surface area (Å²) in [6, 6.07) is 1.42. The van der Waals surface area contributed by atoms with Gasteiger partial charge in [0, 0.05) is 37.7 Å². The minimum absolute atomic E-state index is 0.00382. The first kappa shape index (κ1) is 19.9. The molecule has 4 N–H and O–H groups in total. The summed E-state index contributed by atoms with van der Waals surface area (Å²) in [5.74, 6) is -0.0229. The Morgan fingerprint density at radius 1 is 1.30 bits per heavy atom. The number of carbonyl (C=O) groups is 2. The number of aryl methyl sites for hydroxylation is 1. The van der Waals surface area contributed by atoms with Crippen molar-refractivity contribution in [3.05, 3.63) is 22.1 Å². The monoisotopic (exact) mass is 394 g/mol. The smallest absolute Gasteiger partial charge is 0.278 e. The van der Waals surface area contributed by atoms with Gasteiger partial charge in [-0.2, -0.15) is 0 Å². The van der Waals surface area contributed by atoms with E-state index in [0.717, 1.165) is 25.9 Å². The van der Waals surface area contributed by atoms with Crippen molar-refractivity contribution in [1.82, 2.24) is 14.9 Å². The van der Waals surface area contributed by atoms with Crippen LogP contribution >= 0.6 is 11.8 Å². The van der Waals surface area contributed by atoms with Gasteiger partial charge in [0.1, 0.15) is 0 Å². The van der Waals surface area contributed by atoms with Crippen molar-refractivity contribution in [2.75, 3.05) is 31.9 Å². The lowest BCUT2D eigenvalue weighted by Crippen LogP contribution is -3.22.